The number of aromatic hydroxyl groups is 1. The SMILES string of the molecule is O=C(O)C(=Cc1c[nH]c2ncc(NC(=O)c3cccc(O)c3)cc12)c1ccccc1. The van der Waals surface area contributed by atoms with Crippen LogP contribution in [0.25, 0.3) is 22.7 Å². The molecule has 0 unspecified atom stereocenters. The number of nitrogens with one attached hydrogen (secondary N) is 2. The fourth-order valence-electron chi connectivity index (χ4n) is 3.10. The number of carboxylic acids is 1. The molecule has 2 aromatic heterocycles. The van der Waals surface area contributed by atoms with Crippen molar-refractivity contribution < 1.29 is 19.8 Å². The Morgan fingerprint density at radius 2 is 1.77 bits per heavy atom. The Bertz CT molecular complexity index is 1280. The number of hydrogen-bond donors (Lipinski definition) is 4. The summed E-state index contributed by atoms with van der Waals surface area (Å²) in [6.07, 6.45) is 4.74. The van der Waals surface area contributed by atoms with Gasteiger partial charge in [0.25, 0.3) is 5.91 Å². The van der Waals surface area contributed by atoms with Gasteiger partial charge in [-0.05, 0) is 35.9 Å². The molecule has 1 amide bonds. The largest absolute Gasteiger partial charge is 0.508 e. The van der Waals surface area contributed by atoms with Gasteiger partial charge in [-0.3, -0.25) is 4.79 Å². The lowest BCUT2D eigenvalue weighted by atomic mass is 10.0. The van der Waals surface area contributed by atoms with Crippen molar-refractivity contribution in [2.75, 3.05) is 5.32 Å². The van der Waals surface area contributed by atoms with Crippen LogP contribution in [0.3, 0.4) is 0 Å². The van der Waals surface area contributed by atoms with Crippen molar-refractivity contribution in [1.29, 1.82) is 0 Å². The molecular weight excluding hydrogens is 382 g/mol. The molecule has 0 bridgehead atoms. The van der Waals surface area contributed by atoms with Crippen molar-refractivity contribution in [3.8, 4) is 5.75 Å². The zero-order valence-electron chi connectivity index (χ0n) is 15.7. The molecule has 7 heteroatoms. The van der Waals surface area contributed by atoms with E-state index in [1.807, 2.05) is 6.07 Å². The van der Waals surface area contributed by atoms with E-state index < -0.39 is 11.9 Å². The van der Waals surface area contributed by atoms with Gasteiger partial charge in [0, 0.05) is 22.7 Å². The van der Waals surface area contributed by atoms with Crippen molar-refractivity contribution in [1.82, 2.24) is 9.97 Å². The molecule has 0 fully saturated rings. The van der Waals surface area contributed by atoms with Crippen LogP contribution in [0.1, 0.15) is 21.5 Å². The topological polar surface area (TPSA) is 115 Å². The van der Waals surface area contributed by atoms with Gasteiger partial charge in [0.05, 0.1) is 17.5 Å². The molecule has 30 heavy (non-hydrogen) atoms. The number of carboxylic acid groups (broad SMARTS) is 1. The fourth-order valence-corrected chi connectivity index (χ4v) is 3.10. The Labute approximate surface area is 171 Å². The molecule has 0 saturated heterocycles. The number of amides is 1. The zero-order valence-corrected chi connectivity index (χ0v) is 15.7. The van der Waals surface area contributed by atoms with E-state index in [4.69, 9.17) is 0 Å². The first-order valence-electron chi connectivity index (χ1n) is 9.09. The second kappa shape index (κ2) is 7.92. The van der Waals surface area contributed by atoms with Gasteiger partial charge in [0.15, 0.2) is 0 Å². The van der Waals surface area contributed by atoms with E-state index in [1.165, 1.54) is 18.3 Å². The first-order valence-corrected chi connectivity index (χ1v) is 9.09. The minimum absolute atomic E-state index is 0.00334. The summed E-state index contributed by atoms with van der Waals surface area (Å²) in [5.74, 6) is -1.44. The summed E-state index contributed by atoms with van der Waals surface area (Å²) in [5.41, 5.74) is 2.68. The van der Waals surface area contributed by atoms with Gasteiger partial charge in [-0.15, -0.1) is 0 Å². The van der Waals surface area contributed by atoms with Crippen LogP contribution in [-0.2, 0) is 4.79 Å². The maximum absolute atomic E-state index is 12.4. The number of phenolic OH excluding ortho intramolecular Hbond substituents is 1. The molecule has 0 saturated carbocycles. The highest BCUT2D eigenvalue weighted by atomic mass is 16.4. The molecule has 2 aromatic carbocycles. The van der Waals surface area contributed by atoms with Crippen molar-refractivity contribution in [2.45, 2.75) is 0 Å². The lowest BCUT2D eigenvalue weighted by Crippen LogP contribution is -2.11. The number of aromatic amines is 1. The summed E-state index contributed by atoms with van der Waals surface area (Å²) in [4.78, 5) is 31.5. The molecule has 148 valence electrons. The van der Waals surface area contributed by atoms with E-state index >= 15 is 0 Å². The van der Waals surface area contributed by atoms with Crippen molar-refractivity contribution >= 4 is 40.2 Å². The van der Waals surface area contributed by atoms with Gasteiger partial charge in [0.2, 0.25) is 0 Å². The summed E-state index contributed by atoms with van der Waals surface area (Å²) in [6, 6.07) is 16.6. The highest BCUT2D eigenvalue weighted by Crippen LogP contribution is 2.26. The number of H-pyrrole nitrogens is 1. The van der Waals surface area contributed by atoms with Gasteiger partial charge in [-0.2, -0.15) is 0 Å². The fraction of sp³-hybridized carbons (Fsp3) is 0. The monoisotopic (exact) mass is 399 g/mol. The van der Waals surface area contributed by atoms with E-state index in [0.717, 1.165) is 0 Å². The Morgan fingerprint density at radius 1 is 1.00 bits per heavy atom. The lowest BCUT2D eigenvalue weighted by molar-refractivity contribution is -0.130. The molecule has 0 aliphatic rings. The number of rotatable bonds is 5. The third-order valence-corrected chi connectivity index (χ3v) is 4.54. The third kappa shape index (κ3) is 3.90. The van der Waals surface area contributed by atoms with Crippen LogP contribution in [0, 0.1) is 0 Å². The Balaban J connectivity index is 1.69. The minimum Gasteiger partial charge on any atom is -0.508 e. The summed E-state index contributed by atoms with van der Waals surface area (Å²) < 4.78 is 0. The van der Waals surface area contributed by atoms with Gasteiger partial charge >= 0.3 is 5.97 Å². The number of carbonyl (C=O) groups is 2. The predicted octanol–water partition coefficient (Wildman–Crippen LogP) is 4.15. The molecule has 0 aliphatic carbocycles. The molecule has 7 nitrogen and oxygen atoms in total. The average Bonchev–Trinajstić information content (AvgIpc) is 3.14. The van der Waals surface area contributed by atoms with Crippen LogP contribution in [-0.4, -0.2) is 32.1 Å². The normalized spacial score (nSPS) is 11.4. The zero-order chi connectivity index (χ0) is 21.1. The number of aromatic nitrogens is 2. The number of aliphatic carboxylic acids is 1. The molecule has 0 aliphatic heterocycles. The second-order valence-corrected chi connectivity index (χ2v) is 6.60. The number of nitrogens with zero attached hydrogens (tertiary/aromatic N) is 1. The van der Waals surface area contributed by atoms with Gasteiger partial charge < -0.3 is 20.5 Å². The Hall–Kier alpha value is -4.39. The molecule has 0 atom stereocenters. The van der Waals surface area contributed by atoms with Gasteiger partial charge in [0.1, 0.15) is 11.4 Å². The maximum atomic E-state index is 12.4. The number of carbonyl (C=O) groups excluding carboxylic acids is 1. The van der Waals surface area contributed by atoms with Gasteiger partial charge in [-0.1, -0.05) is 36.4 Å². The van der Waals surface area contributed by atoms with Crippen molar-refractivity contribution in [2.24, 2.45) is 0 Å². The molecule has 4 aromatic rings. The number of pyridine rings is 1. The first-order chi connectivity index (χ1) is 14.5. The van der Waals surface area contributed by atoms with Crippen LogP contribution in [0.4, 0.5) is 5.69 Å². The molecule has 0 spiro atoms. The standard InChI is InChI=1S/C23H17N3O4/c27-18-8-4-7-15(9-18)22(28)26-17-11-19-16(12-24-21(19)25-13-17)10-20(23(29)30)14-5-2-1-3-6-14/h1-13,27H,(H,24,25)(H,26,28)(H,29,30). The van der Waals surface area contributed by atoms with Crippen LogP contribution < -0.4 is 5.32 Å². The molecule has 4 rings (SSSR count). The van der Waals surface area contributed by atoms with Gasteiger partial charge in [-0.25, -0.2) is 9.78 Å². The second-order valence-electron chi connectivity index (χ2n) is 6.60. The number of anilines is 1. The molecule has 0 radical (unpaired) electrons. The van der Waals surface area contributed by atoms with E-state index in [9.17, 15) is 19.8 Å². The Morgan fingerprint density at radius 3 is 2.50 bits per heavy atom. The van der Waals surface area contributed by atoms with Crippen molar-refractivity contribution in [3.05, 3.63) is 89.7 Å². The smallest absolute Gasteiger partial charge is 0.336 e. The number of hydrogen-bond acceptors (Lipinski definition) is 4. The van der Waals surface area contributed by atoms with Crippen molar-refractivity contribution in [3.63, 3.8) is 0 Å². The van der Waals surface area contributed by atoms with E-state index in [1.54, 1.807) is 54.7 Å². The first kappa shape index (κ1) is 18.9. The lowest BCUT2D eigenvalue weighted by Gasteiger charge is -2.06. The highest BCUT2D eigenvalue weighted by Gasteiger charge is 2.13. The number of fused-ring (bicyclic) bond motifs is 1. The summed E-state index contributed by atoms with van der Waals surface area (Å²) in [7, 11) is 0. The van der Waals surface area contributed by atoms with E-state index in [2.05, 4.69) is 15.3 Å². The van der Waals surface area contributed by atoms with Crippen LogP contribution in [0.2, 0.25) is 0 Å². The quantitative estimate of drug-likeness (QED) is 0.376. The highest BCUT2D eigenvalue weighted by molar-refractivity contribution is 6.21. The number of phenols is 1. The average molecular weight is 399 g/mol. The summed E-state index contributed by atoms with van der Waals surface area (Å²) >= 11 is 0. The van der Waals surface area contributed by atoms with Crippen LogP contribution >= 0.6 is 0 Å². The summed E-state index contributed by atoms with van der Waals surface area (Å²) in [6.45, 7) is 0. The number of benzene rings is 2. The van der Waals surface area contributed by atoms with Crippen LogP contribution in [0.5, 0.6) is 5.75 Å². The minimum atomic E-state index is -1.04. The predicted molar refractivity (Wildman–Crippen MR) is 114 cm³/mol. The molecular formula is C23H17N3O4. The Kier molecular flexibility index (Phi) is 5.00. The van der Waals surface area contributed by atoms with E-state index in [-0.39, 0.29) is 11.3 Å². The third-order valence-electron chi connectivity index (χ3n) is 4.54. The van der Waals surface area contributed by atoms with Crippen LogP contribution in [0.15, 0.2) is 73.1 Å². The molecule has 2 heterocycles. The maximum Gasteiger partial charge on any atom is 0.336 e. The van der Waals surface area contributed by atoms with E-state index in [0.29, 0.717) is 33.4 Å². The summed E-state index contributed by atoms with van der Waals surface area (Å²) in [5, 5.41) is 22.6. The molecule has 4 N–H and O–H groups in total.